The summed E-state index contributed by atoms with van der Waals surface area (Å²) in [5.41, 5.74) is 0. The normalized spacial score (nSPS) is 13.1. The van der Waals surface area contributed by atoms with Crippen LogP contribution in [0.5, 0.6) is 0 Å². The molecule has 0 rings (SSSR count). The van der Waals surface area contributed by atoms with Crippen molar-refractivity contribution >= 4 is 24.4 Å². The van der Waals surface area contributed by atoms with E-state index in [1.807, 2.05) is 0 Å². The average Bonchev–Trinajstić information content (AvgIpc) is 2.43. The topological polar surface area (TPSA) is 89.9 Å². The van der Waals surface area contributed by atoms with Crippen LogP contribution in [0.25, 0.3) is 0 Å². The zero-order chi connectivity index (χ0) is 18.1. The summed E-state index contributed by atoms with van der Waals surface area (Å²) >= 11 is 0. The molecule has 0 amide bonds. The molecular formula is C13H26F2O6SSi. The maximum atomic E-state index is 12.8. The van der Waals surface area contributed by atoms with E-state index >= 15 is 0 Å². The van der Waals surface area contributed by atoms with E-state index in [0.717, 1.165) is 31.7 Å². The molecule has 1 N–H and O–H groups in total. The first kappa shape index (κ1) is 22.4. The van der Waals surface area contributed by atoms with Crippen molar-refractivity contribution in [3.05, 3.63) is 0 Å². The SMILES string of the molecule is CO[Si](C)(C)CCCCCCCC(=O)OCC(F)(F)S(=O)(=O)O. The van der Waals surface area contributed by atoms with Crippen LogP contribution in [-0.2, 0) is 24.1 Å². The molecule has 0 aliphatic carbocycles. The molecule has 0 bridgehead atoms. The quantitative estimate of drug-likeness (QED) is 0.243. The third-order valence-corrected chi connectivity index (χ3v) is 7.03. The van der Waals surface area contributed by atoms with Gasteiger partial charge in [0, 0.05) is 13.5 Å². The number of alkyl halides is 2. The lowest BCUT2D eigenvalue weighted by atomic mass is 10.1. The van der Waals surface area contributed by atoms with E-state index in [1.54, 1.807) is 7.11 Å². The second-order valence-electron chi connectivity index (χ2n) is 6.00. The molecule has 0 saturated heterocycles. The molecule has 0 heterocycles. The highest BCUT2D eigenvalue weighted by atomic mass is 32.2. The molecule has 10 heteroatoms. The van der Waals surface area contributed by atoms with Gasteiger partial charge in [0.25, 0.3) is 0 Å². The fourth-order valence-electron chi connectivity index (χ4n) is 1.76. The fraction of sp³-hybridized carbons (Fsp3) is 0.923. The van der Waals surface area contributed by atoms with Crippen LogP contribution in [-0.4, -0.2) is 46.2 Å². The van der Waals surface area contributed by atoms with E-state index in [9.17, 15) is 22.0 Å². The zero-order valence-electron chi connectivity index (χ0n) is 13.8. The minimum Gasteiger partial charge on any atom is -0.458 e. The molecule has 0 aromatic rings. The molecule has 6 nitrogen and oxygen atoms in total. The first-order valence-corrected chi connectivity index (χ1v) is 12.0. The van der Waals surface area contributed by atoms with Gasteiger partial charge in [-0.15, -0.1) is 0 Å². The zero-order valence-corrected chi connectivity index (χ0v) is 15.6. The summed E-state index contributed by atoms with van der Waals surface area (Å²) in [6, 6.07) is 1.07. The van der Waals surface area contributed by atoms with Crippen LogP contribution in [0.2, 0.25) is 19.1 Å². The van der Waals surface area contributed by atoms with Crippen LogP contribution in [0, 0.1) is 0 Å². The van der Waals surface area contributed by atoms with E-state index < -0.39 is 36.3 Å². The van der Waals surface area contributed by atoms with E-state index in [-0.39, 0.29) is 6.42 Å². The summed E-state index contributed by atoms with van der Waals surface area (Å²) < 4.78 is 64.2. The Morgan fingerprint density at radius 2 is 1.65 bits per heavy atom. The van der Waals surface area contributed by atoms with Crippen LogP contribution in [0.3, 0.4) is 0 Å². The van der Waals surface area contributed by atoms with Crippen LogP contribution in [0.4, 0.5) is 8.78 Å². The second-order valence-corrected chi connectivity index (χ2v) is 12.0. The van der Waals surface area contributed by atoms with Crippen molar-refractivity contribution in [3.63, 3.8) is 0 Å². The van der Waals surface area contributed by atoms with Crippen molar-refractivity contribution in [2.75, 3.05) is 13.7 Å². The number of carbonyl (C=O) groups is 1. The highest BCUT2D eigenvalue weighted by molar-refractivity contribution is 7.86. The molecule has 0 atom stereocenters. The third kappa shape index (κ3) is 10.00. The third-order valence-electron chi connectivity index (χ3n) is 3.49. The number of hydrogen-bond donors (Lipinski definition) is 1. The molecule has 0 unspecified atom stereocenters. The Morgan fingerprint density at radius 3 is 2.17 bits per heavy atom. The van der Waals surface area contributed by atoms with Gasteiger partial charge in [0.1, 0.15) is 0 Å². The largest absolute Gasteiger partial charge is 0.458 e. The minimum atomic E-state index is -5.57. The number of halogens is 2. The predicted molar refractivity (Wildman–Crippen MR) is 84.5 cm³/mol. The Kier molecular flexibility index (Phi) is 9.40. The first-order valence-electron chi connectivity index (χ1n) is 7.47. The summed E-state index contributed by atoms with van der Waals surface area (Å²) in [7, 11) is -5.36. The highest BCUT2D eigenvalue weighted by Crippen LogP contribution is 2.21. The Labute approximate surface area is 137 Å². The summed E-state index contributed by atoms with van der Waals surface area (Å²) in [5.74, 6) is -0.902. The van der Waals surface area contributed by atoms with Crippen LogP contribution >= 0.6 is 0 Å². The van der Waals surface area contributed by atoms with Crippen molar-refractivity contribution < 1.29 is 35.7 Å². The molecule has 138 valence electrons. The summed E-state index contributed by atoms with van der Waals surface area (Å²) in [6.07, 6.45) is 4.18. The number of carbonyl (C=O) groups excluding carboxylic acids is 1. The second kappa shape index (κ2) is 9.65. The van der Waals surface area contributed by atoms with Gasteiger partial charge in [0.15, 0.2) is 14.9 Å². The van der Waals surface area contributed by atoms with Crippen molar-refractivity contribution in [3.8, 4) is 0 Å². The van der Waals surface area contributed by atoms with Gasteiger partial charge in [-0.2, -0.15) is 17.2 Å². The smallest absolute Gasteiger partial charge is 0.402 e. The molecule has 23 heavy (non-hydrogen) atoms. The number of hydrogen-bond acceptors (Lipinski definition) is 5. The number of rotatable bonds is 12. The van der Waals surface area contributed by atoms with E-state index in [2.05, 4.69) is 17.8 Å². The molecule has 0 aliphatic rings. The molecule has 0 radical (unpaired) electrons. The molecule has 0 spiro atoms. The van der Waals surface area contributed by atoms with Crippen LogP contribution < -0.4 is 0 Å². The number of esters is 1. The summed E-state index contributed by atoms with van der Waals surface area (Å²) in [4.78, 5) is 11.2. The van der Waals surface area contributed by atoms with Gasteiger partial charge in [-0.25, -0.2) is 0 Å². The van der Waals surface area contributed by atoms with E-state index in [4.69, 9.17) is 8.98 Å². The predicted octanol–water partition coefficient (Wildman–Crippen LogP) is 3.20. The van der Waals surface area contributed by atoms with Gasteiger partial charge >= 0.3 is 21.3 Å². The maximum absolute atomic E-state index is 12.8. The van der Waals surface area contributed by atoms with Gasteiger partial charge in [0.2, 0.25) is 0 Å². The van der Waals surface area contributed by atoms with Gasteiger partial charge in [0.05, 0.1) is 0 Å². The van der Waals surface area contributed by atoms with E-state index in [0.29, 0.717) is 6.42 Å². The van der Waals surface area contributed by atoms with Gasteiger partial charge < -0.3 is 9.16 Å². The first-order chi connectivity index (χ1) is 10.4. The Morgan fingerprint density at radius 1 is 1.13 bits per heavy atom. The summed E-state index contributed by atoms with van der Waals surface area (Å²) in [5, 5.41) is -4.47. The average molecular weight is 376 g/mol. The molecule has 0 fully saturated rings. The minimum absolute atomic E-state index is 0.0557. The standard InChI is InChI=1S/C13H26F2O6SSi/c1-20-23(2,3)10-8-6-4-5-7-9-12(16)21-11-13(14,15)22(17,18)19/h4-11H2,1-3H3,(H,17,18,19). The molecule has 0 saturated carbocycles. The Bertz CT molecular complexity index is 467. The van der Waals surface area contributed by atoms with Crippen molar-refractivity contribution in [2.24, 2.45) is 0 Å². The summed E-state index contributed by atoms with van der Waals surface area (Å²) in [6.45, 7) is 2.62. The number of ether oxygens (including phenoxy) is 1. The lowest BCUT2D eigenvalue weighted by Crippen LogP contribution is -2.34. The van der Waals surface area contributed by atoms with Gasteiger partial charge in [-0.05, 0) is 25.6 Å². The molecule has 0 aliphatic heterocycles. The number of unbranched alkanes of at least 4 members (excludes halogenated alkanes) is 4. The van der Waals surface area contributed by atoms with Crippen molar-refractivity contribution in [1.29, 1.82) is 0 Å². The Hall–Kier alpha value is -0.583. The maximum Gasteiger partial charge on any atom is 0.402 e. The highest BCUT2D eigenvalue weighted by Gasteiger charge is 2.45. The van der Waals surface area contributed by atoms with Crippen molar-refractivity contribution in [2.45, 2.75) is 62.9 Å². The van der Waals surface area contributed by atoms with E-state index in [1.165, 1.54) is 0 Å². The Balaban J connectivity index is 3.73. The molecule has 0 aromatic heterocycles. The van der Waals surface area contributed by atoms with Crippen LogP contribution in [0.1, 0.15) is 38.5 Å². The van der Waals surface area contributed by atoms with Gasteiger partial charge in [-0.1, -0.05) is 25.7 Å². The fourth-order valence-corrected chi connectivity index (χ4v) is 3.28. The van der Waals surface area contributed by atoms with Gasteiger partial charge in [-0.3, -0.25) is 9.35 Å². The lowest BCUT2D eigenvalue weighted by molar-refractivity contribution is -0.149. The van der Waals surface area contributed by atoms with Crippen LogP contribution in [0.15, 0.2) is 0 Å². The molecule has 0 aromatic carbocycles. The molecular weight excluding hydrogens is 350 g/mol. The lowest BCUT2D eigenvalue weighted by Gasteiger charge is -2.19. The van der Waals surface area contributed by atoms with Crippen molar-refractivity contribution in [1.82, 2.24) is 0 Å². The monoisotopic (exact) mass is 376 g/mol.